The van der Waals surface area contributed by atoms with Crippen LogP contribution in [0.1, 0.15) is 36.4 Å². The lowest BCUT2D eigenvalue weighted by Gasteiger charge is -2.45. The quantitative estimate of drug-likeness (QED) is 0.884. The molecule has 0 amide bonds. The smallest absolute Gasteiger partial charge is 0.124 e. The van der Waals surface area contributed by atoms with Crippen LogP contribution in [0.4, 0.5) is 0 Å². The van der Waals surface area contributed by atoms with E-state index in [2.05, 4.69) is 0 Å². The number of hydrogen-bond donors (Lipinski definition) is 2. The minimum absolute atomic E-state index is 0.114. The van der Waals surface area contributed by atoms with Gasteiger partial charge in [0.25, 0.3) is 0 Å². The topological polar surface area (TPSA) is 55.5 Å². The molecular weight excluding hydrogens is 250 g/mol. The summed E-state index contributed by atoms with van der Waals surface area (Å²) >= 11 is 6.17. The van der Waals surface area contributed by atoms with Gasteiger partial charge < -0.3 is 15.6 Å². The van der Waals surface area contributed by atoms with Crippen molar-refractivity contribution in [3.63, 3.8) is 0 Å². The van der Waals surface area contributed by atoms with E-state index in [4.69, 9.17) is 22.1 Å². The minimum Gasteiger partial charge on any atom is -0.496 e. The number of halogens is 1. The van der Waals surface area contributed by atoms with Gasteiger partial charge in [0.05, 0.1) is 13.7 Å². The molecule has 0 spiro atoms. The predicted octanol–water partition coefficient (Wildman–Crippen LogP) is 2.82. The molecule has 0 aromatic heterocycles. The zero-order valence-electron chi connectivity index (χ0n) is 10.9. The lowest BCUT2D eigenvalue weighted by atomic mass is 9.63. The summed E-state index contributed by atoms with van der Waals surface area (Å²) < 4.78 is 5.39. The Morgan fingerprint density at radius 2 is 2.17 bits per heavy atom. The number of benzene rings is 1. The summed E-state index contributed by atoms with van der Waals surface area (Å²) in [7, 11) is 1.63. The van der Waals surface area contributed by atoms with E-state index in [9.17, 15) is 5.11 Å². The molecule has 100 valence electrons. The maximum absolute atomic E-state index is 9.60. The number of nitrogens with two attached hydrogens (primary N) is 1. The predicted molar refractivity (Wildman–Crippen MR) is 73.0 cm³/mol. The molecule has 1 atom stereocenters. The van der Waals surface area contributed by atoms with Gasteiger partial charge in [-0.2, -0.15) is 0 Å². The van der Waals surface area contributed by atoms with Gasteiger partial charge in [0.2, 0.25) is 0 Å². The normalized spacial score (nSPS) is 19.2. The molecule has 0 aliphatic heterocycles. The van der Waals surface area contributed by atoms with E-state index in [-0.39, 0.29) is 18.1 Å². The fourth-order valence-corrected chi connectivity index (χ4v) is 2.79. The van der Waals surface area contributed by atoms with Crippen LogP contribution in [-0.2, 0) is 0 Å². The molecular formula is C14H20ClNO2. The molecule has 1 saturated carbocycles. The Labute approximate surface area is 113 Å². The molecule has 1 unspecified atom stereocenters. The van der Waals surface area contributed by atoms with Crippen LogP contribution in [0.5, 0.6) is 5.75 Å². The van der Waals surface area contributed by atoms with Crippen molar-refractivity contribution in [2.24, 2.45) is 11.1 Å². The summed E-state index contributed by atoms with van der Waals surface area (Å²) in [4.78, 5) is 0. The van der Waals surface area contributed by atoms with E-state index in [1.165, 1.54) is 0 Å². The molecule has 1 fully saturated rings. The van der Waals surface area contributed by atoms with E-state index in [1.54, 1.807) is 7.11 Å². The van der Waals surface area contributed by atoms with Crippen LogP contribution in [0.15, 0.2) is 12.1 Å². The Kier molecular flexibility index (Phi) is 3.85. The summed E-state index contributed by atoms with van der Waals surface area (Å²) in [5.74, 6) is 0.754. The average Bonchev–Trinajstić information content (AvgIpc) is 2.31. The molecule has 2 rings (SSSR count). The summed E-state index contributed by atoms with van der Waals surface area (Å²) in [5.41, 5.74) is 8.00. The van der Waals surface area contributed by atoms with Crippen LogP contribution in [0.2, 0.25) is 5.02 Å². The van der Waals surface area contributed by atoms with Gasteiger partial charge in [-0.15, -0.1) is 0 Å². The number of methoxy groups -OCH3 is 1. The summed E-state index contributed by atoms with van der Waals surface area (Å²) in [5, 5.41) is 10.3. The lowest BCUT2D eigenvalue weighted by Crippen LogP contribution is -2.43. The van der Waals surface area contributed by atoms with E-state index in [0.717, 1.165) is 36.1 Å². The van der Waals surface area contributed by atoms with Crippen molar-refractivity contribution in [1.82, 2.24) is 0 Å². The highest BCUT2D eigenvalue weighted by molar-refractivity contribution is 6.31. The van der Waals surface area contributed by atoms with Crippen LogP contribution < -0.4 is 10.5 Å². The third kappa shape index (κ3) is 2.11. The van der Waals surface area contributed by atoms with Gasteiger partial charge in [0.1, 0.15) is 5.75 Å². The Morgan fingerprint density at radius 3 is 2.61 bits per heavy atom. The molecule has 1 aromatic rings. The second-order valence-corrected chi connectivity index (χ2v) is 5.60. The molecule has 0 radical (unpaired) electrons. The molecule has 0 bridgehead atoms. The zero-order valence-corrected chi connectivity index (χ0v) is 11.6. The van der Waals surface area contributed by atoms with Crippen LogP contribution >= 0.6 is 11.6 Å². The van der Waals surface area contributed by atoms with Crippen LogP contribution in [-0.4, -0.2) is 18.8 Å². The second kappa shape index (κ2) is 5.08. The SMILES string of the molecule is COc1cc(C)c(Cl)cc1C(N)C1(CO)CCC1. The third-order valence-corrected chi connectivity index (χ3v) is 4.58. The molecule has 0 heterocycles. The third-order valence-electron chi connectivity index (χ3n) is 4.17. The highest BCUT2D eigenvalue weighted by atomic mass is 35.5. The largest absolute Gasteiger partial charge is 0.496 e. The van der Waals surface area contributed by atoms with Crippen molar-refractivity contribution >= 4 is 11.6 Å². The van der Waals surface area contributed by atoms with Crippen molar-refractivity contribution < 1.29 is 9.84 Å². The lowest BCUT2D eigenvalue weighted by molar-refractivity contribution is 0.0177. The first-order valence-corrected chi connectivity index (χ1v) is 6.62. The standard InChI is InChI=1S/C14H20ClNO2/c1-9-6-12(18-2)10(7-11(9)15)13(16)14(8-17)4-3-5-14/h6-7,13,17H,3-5,8,16H2,1-2H3. The molecule has 3 N–H and O–H groups in total. The fourth-order valence-electron chi connectivity index (χ4n) is 2.62. The van der Waals surface area contributed by atoms with Crippen molar-refractivity contribution in [2.45, 2.75) is 32.2 Å². The highest BCUT2D eigenvalue weighted by Crippen LogP contribution is 2.50. The number of ether oxygens (including phenoxy) is 1. The van der Waals surface area contributed by atoms with E-state index >= 15 is 0 Å². The van der Waals surface area contributed by atoms with Gasteiger partial charge in [0, 0.05) is 22.0 Å². The molecule has 3 nitrogen and oxygen atoms in total. The first-order chi connectivity index (χ1) is 8.54. The monoisotopic (exact) mass is 269 g/mol. The van der Waals surface area contributed by atoms with Gasteiger partial charge in [-0.1, -0.05) is 18.0 Å². The van der Waals surface area contributed by atoms with E-state index < -0.39 is 0 Å². The molecule has 0 saturated heterocycles. The van der Waals surface area contributed by atoms with Gasteiger partial charge in [-0.05, 0) is 37.5 Å². The zero-order chi connectivity index (χ0) is 13.3. The minimum atomic E-state index is -0.232. The van der Waals surface area contributed by atoms with Crippen molar-refractivity contribution in [1.29, 1.82) is 0 Å². The Morgan fingerprint density at radius 1 is 1.50 bits per heavy atom. The van der Waals surface area contributed by atoms with Crippen molar-refractivity contribution in [3.8, 4) is 5.75 Å². The molecule has 18 heavy (non-hydrogen) atoms. The first kappa shape index (κ1) is 13.7. The van der Waals surface area contributed by atoms with Crippen LogP contribution in [0.3, 0.4) is 0 Å². The van der Waals surface area contributed by atoms with Crippen molar-refractivity contribution in [3.05, 3.63) is 28.3 Å². The van der Waals surface area contributed by atoms with Gasteiger partial charge in [-0.3, -0.25) is 0 Å². The first-order valence-electron chi connectivity index (χ1n) is 6.24. The van der Waals surface area contributed by atoms with Gasteiger partial charge >= 0.3 is 0 Å². The van der Waals surface area contributed by atoms with Crippen LogP contribution in [0, 0.1) is 12.3 Å². The summed E-state index contributed by atoms with van der Waals surface area (Å²) in [6.45, 7) is 2.05. The Bertz CT molecular complexity index is 438. The molecule has 4 heteroatoms. The van der Waals surface area contributed by atoms with Gasteiger partial charge in [0.15, 0.2) is 0 Å². The maximum atomic E-state index is 9.60. The Hall–Kier alpha value is -0.770. The molecule has 1 aliphatic rings. The van der Waals surface area contributed by atoms with Gasteiger partial charge in [-0.25, -0.2) is 0 Å². The Balaban J connectivity index is 2.40. The second-order valence-electron chi connectivity index (χ2n) is 5.20. The number of rotatable bonds is 4. The number of aliphatic hydroxyl groups is 1. The number of hydrogen-bond acceptors (Lipinski definition) is 3. The maximum Gasteiger partial charge on any atom is 0.124 e. The van der Waals surface area contributed by atoms with E-state index in [1.807, 2.05) is 19.1 Å². The summed E-state index contributed by atoms with van der Waals surface area (Å²) in [6, 6.07) is 3.54. The highest BCUT2D eigenvalue weighted by Gasteiger charge is 2.43. The molecule has 1 aromatic carbocycles. The average molecular weight is 270 g/mol. The molecule has 1 aliphatic carbocycles. The number of aliphatic hydroxyl groups excluding tert-OH is 1. The fraction of sp³-hybridized carbons (Fsp3) is 0.571. The summed E-state index contributed by atoms with van der Waals surface area (Å²) in [6.07, 6.45) is 3.04. The van der Waals surface area contributed by atoms with Crippen molar-refractivity contribution in [2.75, 3.05) is 13.7 Å². The number of aryl methyl sites for hydroxylation is 1. The van der Waals surface area contributed by atoms with E-state index in [0.29, 0.717) is 5.02 Å². The van der Waals surface area contributed by atoms with Crippen LogP contribution in [0.25, 0.3) is 0 Å².